The van der Waals surface area contributed by atoms with Crippen molar-refractivity contribution in [1.82, 2.24) is 19.7 Å². The molecule has 0 bridgehead atoms. The first-order valence-corrected chi connectivity index (χ1v) is 9.45. The molecule has 0 fully saturated rings. The Hall–Kier alpha value is -3.29. The van der Waals surface area contributed by atoms with Crippen LogP contribution in [0.5, 0.6) is 0 Å². The van der Waals surface area contributed by atoms with Gasteiger partial charge in [-0.05, 0) is 32.4 Å². The molecule has 0 aliphatic rings. The van der Waals surface area contributed by atoms with Gasteiger partial charge < -0.3 is 19.9 Å². The predicted octanol–water partition coefficient (Wildman–Crippen LogP) is 2.99. The molecule has 0 aliphatic heterocycles. The maximum atomic E-state index is 12.9. The van der Waals surface area contributed by atoms with Gasteiger partial charge in [-0.1, -0.05) is 18.2 Å². The van der Waals surface area contributed by atoms with Gasteiger partial charge in [0.1, 0.15) is 11.6 Å². The van der Waals surface area contributed by atoms with E-state index in [2.05, 4.69) is 15.7 Å². The smallest absolute Gasteiger partial charge is 0.408 e. The molecule has 2 N–H and O–H groups in total. The quantitative estimate of drug-likeness (QED) is 0.693. The van der Waals surface area contributed by atoms with Crippen LogP contribution in [0.1, 0.15) is 26.3 Å². The van der Waals surface area contributed by atoms with Crippen LogP contribution >= 0.6 is 0 Å². The minimum atomic E-state index is -0.822. The van der Waals surface area contributed by atoms with E-state index in [9.17, 15) is 9.59 Å². The number of anilines is 1. The first-order valence-electron chi connectivity index (χ1n) is 9.45. The Morgan fingerprint density at radius 3 is 2.55 bits per heavy atom. The second-order valence-corrected chi connectivity index (χ2v) is 8.05. The fourth-order valence-electron chi connectivity index (χ4n) is 3.16. The highest BCUT2D eigenvalue weighted by Crippen LogP contribution is 2.22. The van der Waals surface area contributed by atoms with Crippen molar-refractivity contribution >= 4 is 28.7 Å². The molecule has 1 atom stereocenters. The third kappa shape index (κ3) is 5.16. The third-order valence-electron chi connectivity index (χ3n) is 4.38. The summed E-state index contributed by atoms with van der Waals surface area (Å²) in [5.74, 6) is 0.0638. The number of aromatic nitrogens is 3. The fourth-order valence-corrected chi connectivity index (χ4v) is 3.16. The van der Waals surface area contributed by atoms with E-state index in [0.717, 1.165) is 16.5 Å². The van der Waals surface area contributed by atoms with Crippen LogP contribution in [0.2, 0.25) is 0 Å². The van der Waals surface area contributed by atoms with Crippen molar-refractivity contribution in [2.24, 2.45) is 14.1 Å². The van der Waals surface area contributed by atoms with Crippen LogP contribution in [0.15, 0.2) is 42.7 Å². The topological polar surface area (TPSA) is 90.2 Å². The van der Waals surface area contributed by atoms with Crippen LogP contribution in [0.25, 0.3) is 10.9 Å². The molecule has 2 amide bonds. The molecule has 0 saturated heterocycles. The van der Waals surface area contributed by atoms with E-state index in [1.54, 1.807) is 44.8 Å². The van der Waals surface area contributed by atoms with Gasteiger partial charge in [0.2, 0.25) is 5.91 Å². The highest BCUT2D eigenvalue weighted by atomic mass is 16.6. The van der Waals surface area contributed by atoms with Gasteiger partial charge in [0.05, 0.1) is 0 Å². The average Bonchev–Trinajstić information content (AvgIpc) is 3.16. The Balaban J connectivity index is 1.84. The van der Waals surface area contributed by atoms with Crippen LogP contribution in [-0.2, 0) is 30.0 Å². The first-order chi connectivity index (χ1) is 13.6. The molecule has 154 valence electrons. The lowest BCUT2D eigenvalue weighted by molar-refractivity contribution is -0.118. The SMILES string of the molecule is Cn1ccc(NC(=O)C(Cc2cn(C)c3ccccc23)NC(=O)OC(C)(C)C)n1. The van der Waals surface area contributed by atoms with Gasteiger partial charge in [0.25, 0.3) is 0 Å². The Bertz CT molecular complexity index is 1030. The zero-order valence-corrected chi connectivity index (χ0v) is 17.4. The lowest BCUT2D eigenvalue weighted by Gasteiger charge is -2.23. The second-order valence-electron chi connectivity index (χ2n) is 8.05. The van der Waals surface area contributed by atoms with Gasteiger partial charge >= 0.3 is 6.09 Å². The molecule has 0 aliphatic carbocycles. The van der Waals surface area contributed by atoms with E-state index in [1.165, 1.54) is 0 Å². The Morgan fingerprint density at radius 2 is 1.90 bits per heavy atom. The minimum absolute atomic E-state index is 0.319. The van der Waals surface area contributed by atoms with Crippen molar-refractivity contribution in [3.05, 3.63) is 48.3 Å². The summed E-state index contributed by atoms with van der Waals surface area (Å²) in [6, 6.07) is 8.82. The number of hydrogen-bond acceptors (Lipinski definition) is 4. The highest BCUT2D eigenvalue weighted by molar-refractivity contribution is 5.96. The molecule has 8 nitrogen and oxygen atoms in total. The molecular weight excluding hydrogens is 370 g/mol. The number of amides is 2. The van der Waals surface area contributed by atoms with Crippen molar-refractivity contribution in [3.63, 3.8) is 0 Å². The van der Waals surface area contributed by atoms with E-state index in [1.807, 2.05) is 42.1 Å². The zero-order chi connectivity index (χ0) is 21.2. The van der Waals surface area contributed by atoms with Crippen molar-refractivity contribution in [1.29, 1.82) is 0 Å². The molecule has 8 heteroatoms. The van der Waals surface area contributed by atoms with Gasteiger partial charge in [-0.15, -0.1) is 0 Å². The van der Waals surface area contributed by atoms with Crippen LogP contribution in [0.3, 0.4) is 0 Å². The Labute approximate surface area is 169 Å². The van der Waals surface area contributed by atoms with Crippen LogP contribution in [-0.4, -0.2) is 38.0 Å². The normalized spacial score (nSPS) is 12.6. The minimum Gasteiger partial charge on any atom is -0.444 e. The number of nitrogens with zero attached hydrogens (tertiary/aromatic N) is 3. The third-order valence-corrected chi connectivity index (χ3v) is 4.38. The monoisotopic (exact) mass is 397 g/mol. The van der Waals surface area contributed by atoms with Crippen molar-refractivity contribution in [2.45, 2.75) is 38.8 Å². The van der Waals surface area contributed by atoms with Crippen molar-refractivity contribution < 1.29 is 14.3 Å². The molecule has 1 aromatic carbocycles. The number of benzene rings is 1. The Kier molecular flexibility index (Phi) is 5.63. The summed E-state index contributed by atoms with van der Waals surface area (Å²) in [5.41, 5.74) is 1.36. The largest absolute Gasteiger partial charge is 0.444 e. The lowest BCUT2D eigenvalue weighted by atomic mass is 10.0. The van der Waals surface area contributed by atoms with E-state index >= 15 is 0 Å². The summed E-state index contributed by atoms with van der Waals surface area (Å²) in [7, 11) is 3.72. The molecule has 0 saturated carbocycles. The van der Waals surface area contributed by atoms with Crippen LogP contribution < -0.4 is 10.6 Å². The summed E-state index contributed by atoms with van der Waals surface area (Å²) >= 11 is 0. The van der Waals surface area contributed by atoms with Crippen LogP contribution in [0.4, 0.5) is 10.6 Å². The molecular formula is C21H27N5O3. The number of hydrogen-bond donors (Lipinski definition) is 2. The molecule has 2 heterocycles. The van der Waals surface area contributed by atoms with Gasteiger partial charge in [-0.25, -0.2) is 4.79 Å². The number of aryl methyl sites for hydroxylation is 2. The van der Waals surface area contributed by atoms with Crippen molar-refractivity contribution in [3.8, 4) is 0 Å². The molecule has 3 aromatic rings. The molecule has 0 spiro atoms. The van der Waals surface area contributed by atoms with Gasteiger partial charge in [0, 0.05) is 49.9 Å². The molecule has 1 unspecified atom stereocenters. The maximum absolute atomic E-state index is 12.9. The number of alkyl carbamates (subject to hydrolysis) is 1. The zero-order valence-electron chi connectivity index (χ0n) is 17.4. The standard InChI is InChI=1S/C21H27N5O3/c1-21(2,3)29-20(28)22-16(19(27)23-18-10-11-26(5)24-18)12-14-13-25(4)17-9-7-6-8-15(14)17/h6-11,13,16H,12H2,1-5H3,(H,22,28)(H,23,24,27). The first kappa shape index (κ1) is 20.4. The highest BCUT2D eigenvalue weighted by Gasteiger charge is 2.26. The van der Waals surface area contributed by atoms with Gasteiger partial charge in [0.15, 0.2) is 5.82 Å². The number of carbonyl (C=O) groups excluding carboxylic acids is 2. The molecule has 3 rings (SSSR count). The molecule has 29 heavy (non-hydrogen) atoms. The van der Waals surface area contributed by atoms with E-state index < -0.39 is 17.7 Å². The lowest BCUT2D eigenvalue weighted by Crippen LogP contribution is -2.47. The second kappa shape index (κ2) is 7.98. The number of rotatable bonds is 5. The van der Waals surface area contributed by atoms with E-state index in [4.69, 9.17) is 4.74 Å². The average molecular weight is 397 g/mol. The van der Waals surface area contributed by atoms with E-state index in [0.29, 0.717) is 12.2 Å². The van der Waals surface area contributed by atoms with Crippen molar-refractivity contribution in [2.75, 3.05) is 5.32 Å². The maximum Gasteiger partial charge on any atom is 0.408 e. The number of fused-ring (bicyclic) bond motifs is 1. The van der Waals surface area contributed by atoms with Crippen LogP contribution in [0, 0.1) is 0 Å². The fraction of sp³-hybridized carbons (Fsp3) is 0.381. The number of carbonyl (C=O) groups is 2. The summed E-state index contributed by atoms with van der Waals surface area (Å²) in [4.78, 5) is 25.3. The Morgan fingerprint density at radius 1 is 1.17 bits per heavy atom. The number of para-hydroxylation sites is 1. The predicted molar refractivity (Wildman–Crippen MR) is 112 cm³/mol. The summed E-state index contributed by atoms with van der Waals surface area (Å²) in [6.07, 6.45) is 3.39. The molecule has 0 radical (unpaired) electrons. The van der Waals surface area contributed by atoms with Gasteiger partial charge in [-0.3, -0.25) is 9.48 Å². The summed E-state index contributed by atoms with van der Waals surface area (Å²) in [6.45, 7) is 5.33. The summed E-state index contributed by atoms with van der Waals surface area (Å²) in [5, 5.41) is 10.7. The summed E-state index contributed by atoms with van der Waals surface area (Å²) < 4.78 is 8.95. The molecule has 2 aromatic heterocycles. The van der Waals surface area contributed by atoms with E-state index in [-0.39, 0.29) is 5.91 Å². The number of ether oxygens (including phenoxy) is 1. The number of nitrogens with one attached hydrogen (secondary N) is 2. The van der Waals surface area contributed by atoms with Gasteiger partial charge in [-0.2, -0.15) is 5.10 Å².